The lowest BCUT2D eigenvalue weighted by Gasteiger charge is -2.25. The molecule has 1 fully saturated rings. The van der Waals surface area contributed by atoms with Gasteiger partial charge in [-0.3, -0.25) is 4.79 Å². The van der Waals surface area contributed by atoms with Gasteiger partial charge in [0, 0.05) is 31.9 Å². The van der Waals surface area contributed by atoms with E-state index in [4.69, 9.17) is 0 Å². The van der Waals surface area contributed by atoms with Crippen molar-refractivity contribution in [1.82, 2.24) is 9.80 Å². The summed E-state index contributed by atoms with van der Waals surface area (Å²) in [5.74, 6) is 0.159. The highest BCUT2D eigenvalue weighted by Crippen LogP contribution is 2.14. The number of carbonyl (C=O) groups excluding carboxylic acids is 1. The molecule has 2 rings (SSSR count). The molecular formula is C15H23N3O. The molecule has 0 spiro atoms. The zero-order valence-corrected chi connectivity index (χ0v) is 11.8. The fourth-order valence-corrected chi connectivity index (χ4v) is 2.48. The van der Waals surface area contributed by atoms with Crippen LogP contribution in [0, 0.1) is 0 Å². The van der Waals surface area contributed by atoms with Crippen LogP contribution in [-0.4, -0.2) is 55.0 Å². The Morgan fingerprint density at radius 2 is 2.16 bits per heavy atom. The number of nitrogens with zero attached hydrogens (tertiary/aromatic N) is 2. The maximum atomic E-state index is 12.1. The molecule has 1 aromatic carbocycles. The second-order valence-corrected chi connectivity index (χ2v) is 5.06. The number of benzene rings is 1. The van der Waals surface area contributed by atoms with E-state index in [1.807, 2.05) is 42.3 Å². The fourth-order valence-electron chi connectivity index (χ4n) is 2.48. The highest BCUT2D eigenvalue weighted by atomic mass is 16.2. The van der Waals surface area contributed by atoms with Gasteiger partial charge in [-0.1, -0.05) is 25.1 Å². The van der Waals surface area contributed by atoms with Crippen LogP contribution in [0.3, 0.4) is 0 Å². The summed E-state index contributed by atoms with van der Waals surface area (Å²) in [4.78, 5) is 16.4. The number of likely N-dealkylation sites (tertiary alicyclic amines) is 1. The summed E-state index contributed by atoms with van der Waals surface area (Å²) < 4.78 is 0. The number of hydrogen-bond acceptors (Lipinski definition) is 3. The lowest BCUT2D eigenvalue weighted by molar-refractivity contribution is -0.129. The van der Waals surface area contributed by atoms with E-state index in [0.717, 1.165) is 31.7 Å². The Bertz CT molecular complexity index is 407. The van der Waals surface area contributed by atoms with Crippen molar-refractivity contribution in [3.63, 3.8) is 0 Å². The predicted molar refractivity (Wildman–Crippen MR) is 78.2 cm³/mol. The van der Waals surface area contributed by atoms with Gasteiger partial charge in [0.15, 0.2) is 0 Å². The van der Waals surface area contributed by atoms with Crippen LogP contribution in [0.5, 0.6) is 0 Å². The van der Waals surface area contributed by atoms with Gasteiger partial charge in [-0.05, 0) is 25.1 Å². The van der Waals surface area contributed by atoms with Gasteiger partial charge in [-0.2, -0.15) is 0 Å². The molecule has 0 aromatic heterocycles. The zero-order valence-electron chi connectivity index (χ0n) is 11.8. The van der Waals surface area contributed by atoms with Crippen LogP contribution in [0.25, 0.3) is 0 Å². The van der Waals surface area contributed by atoms with E-state index in [2.05, 4.69) is 17.1 Å². The molecule has 1 saturated heterocycles. The summed E-state index contributed by atoms with van der Waals surface area (Å²) in [5, 5.41) is 3.17. The monoisotopic (exact) mass is 261 g/mol. The average Bonchev–Trinajstić information content (AvgIpc) is 2.94. The Labute approximate surface area is 115 Å². The molecule has 19 heavy (non-hydrogen) atoms. The van der Waals surface area contributed by atoms with Crippen molar-refractivity contribution >= 4 is 11.6 Å². The number of likely N-dealkylation sites (N-methyl/N-ethyl adjacent to an activating group) is 2. The van der Waals surface area contributed by atoms with Crippen LogP contribution in [0.15, 0.2) is 30.3 Å². The van der Waals surface area contributed by atoms with Gasteiger partial charge < -0.3 is 15.1 Å². The van der Waals surface area contributed by atoms with Crippen molar-refractivity contribution in [2.24, 2.45) is 0 Å². The van der Waals surface area contributed by atoms with Gasteiger partial charge in [0.2, 0.25) is 5.91 Å². The van der Waals surface area contributed by atoms with E-state index in [9.17, 15) is 4.79 Å². The molecule has 1 heterocycles. The number of amides is 1. The van der Waals surface area contributed by atoms with Crippen molar-refractivity contribution in [2.45, 2.75) is 19.4 Å². The Hall–Kier alpha value is -1.55. The zero-order chi connectivity index (χ0) is 13.7. The van der Waals surface area contributed by atoms with Gasteiger partial charge in [0.05, 0.1) is 6.54 Å². The molecule has 104 valence electrons. The lowest BCUT2D eigenvalue weighted by Crippen LogP contribution is -2.41. The first-order valence-corrected chi connectivity index (χ1v) is 6.97. The molecule has 1 aliphatic heterocycles. The first kappa shape index (κ1) is 13.9. The number of hydrogen-bond donors (Lipinski definition) is 1. The summed E-state index contributed by atoms with van der Waals surface area (Å²) >= 11 is 0. The first-order valence-electron chi connectivity index (χ1n) is 6.97. The second kappa shape index (κ2) is 6.57. The Morgan fingerprint density at radius 3 is 2.79 bits per heavy atom. The normalized spacial score (nSPS) is 19.4. The minimum absolute atomic E-state index is 0.159. The van der Waals surface area contributed by atoms with Crippen LogP contribution in [0.1, 0.15) is 13.3 Å². The third kappa shape index (κ3) is 3.70. The molecule has 1 atom stereocenters. The number of nitrogens with one attached hydrogen (secondary N) is 1. The minimum Gasteiger partial charge on any atom is -0.376 e. The molecule has 0 saturated carbocycles. The molecular weight excluding hydrogens is 238 g/mol. The largest absolute Gasteiger partial charge is 0.376 e. The molecule has 0 unspecified atom stereocenters. The summed E-state index contributed by atoms with van der Waals surface area (Å²) in [7, 11) is 1.92. The molecule has 1 aromatic rings. The third-order valence-corrected chi connectivity index (χ3v) is 3.85. The van der Waals surface area contributed by atoms with Gasteiger partial charge in [-0.15, -0.1) is 0 Å². The van der Waals surface area contributed by atoms with Crippen molar-refractivity contribution in [3.8, 4) is 0 Å². The molecule has 0 bridgehead atoms. The summed E-state index contributed by atoms with van der Waals surface area (Å²) in [6.07, 6.45) is 1.08. The fraction of sp³-hybridized carbons (Fsp3) is 0.533. The maximum absolute atomic E-state index is 12.1. The van der Waals surface area contributed by atoms with Crippen LogP contribution in [0.4, 0.5) is 5.69 Å². The molecule has 0 radical (unpaired) electrons. The van der Waals surface area contributed by atoms with Crippen molar-refractivity contribution in [1.29, 1.82) is 0 Å². The molecule has 1 N–H and O–H groups in total. The first-order chi connectivity index (χ1) is 9.20. The molecule has 4 nitrogen and oxygen atoms in total. The van der Waals surface area contributed by atoms with E-state index in [0.29, 0.717) is 12.6 Å². The van der Waals surface area contributed by atoms with Gasteiger partial charge >= 0.3 is 0 Å². The number of rotatable bonds is 5. The van der Waals surface area contributed by atoms with Crippen LogP contribution in [-0.2, 0) is 4.79 Å². The van der Waals surface area contributed by atoms with Crippen LogP contribution < -0.4 is 5.32 Å². The molecule has 4 heteroatoms. The number of para-hydroxylation sites is 1. The van der Waals surface area contributed by atoms with Gasteiger partial charge in [-0.25, -0.2) is 0 Å². The summed E-state index contributed by atoms with van der Waals surface area (Å²) in [5.41, 5.74) is 0.992. The smallest absolute Gasteiger partial charge is 0.241 e. The topological polar surface area (TPSA) is 35.6 Å². The van der Waals surface area contributed by atoms with Crippen molar-refractivity contribution < 1.29 is 4.79 Å². The van der Waals surface area contributed by atoms with E-state index >= 15 is 0 Å². The average molecular weight is 261 g/mol. The molecule has 1 aliphatic rings. The van der Waals surface area contributed by atoms with Gasteiger partial charge in [0.1, 0.15) is 0 Å². The van der Waals surface area contributed by atoms with Crippen LogP contribution in [0.2, 0.25) is 0 Å². The Morgan fingerprint density at radius 1 is 1.42 bits per heavy atom. The van der Waals surface area contributed by atoms with E-state index < -0.39 is 0 Å². The minimum atomic E-state index is 0.159. The molecule has 1 amide bonds. The van der Waals surface area contributed by atoms with Crippen molar-refractivity contribution in [2.75, 3.05) is 38.5 Å². The molecule has 0 aliphatic carbocycles. The number of anilines is 1. The standard InChI is InChI=1S/C15H23N3O/c1-3-18-10-9-14(12-18)17(2)15(19)11-16-13-7-5-4-6-8-13/h4-8,14,16H,3,9-12H2,1-2H3/t14-/m0/s1. The van der Waals surface area contributed by atoms with Gasteiger partial charge in [0.25, 0.3) is 0 Å². The Balaban J connectivity index is 1.80. The number of carbonyl (C=O) groups is 1. The summed E-state index contributed by atoms with van der Waals surface area (Å²) in [6, 6.07) is 10.2. The van der Waals surface area contributed by atoms with Crippen LogP contribution >= 0.6 is 0 Å². The highest BCUT2D eigenvalue weighted by Gasteiger charge is 2.27. The SMILES string of the molecule is CCN1CC[C@H](N(C)C(=O)CNc2ccccc2)C1. The lowest BCUT2D eigenvalue weighted by atomic mass is 10.2. The van der Waals surface area contributed by atoms with E-state index in [-0.39, 0.29) is 5.91 Å². The summed E-state index contributed by atoms with van der Waals surface area (Å²) in [6.45, 7) is 5.71. The predicted octanol–water partition coefficient (Wildman–Crippen LogP) is 1.65. The second-order valence-electron chi connectivity index (χ2n) is 5.06. The Kier molecular flexibility index (Phi) is 4.80. The highest BCUT2D eigenvalue weighted by molar-refractivity contribution is 5.81. The van der Waals surface area contributed by atoms with E-state index in [1.165, 1.54) is 0 Å². The van der Waals surface area contributed by atoms with E-state index in [1.54, 1.807) is 0 Å². The van der Waals surface area contributed by atoms with Crippen molar-refractivity contribution in [3.05, 3.63) is 30.3 Å². The maximum Gasteiger partial charge on any atom is 0.241 e. The quantitative estimate of drug-likeness (QED) is 0.875. The third-order valence-electron chi connectivity index (χ3n) is 3.85.